The minimum absolute atomic E-state index is 0.106. The normalized spacial score (nSPS) is 22.9. The summed E-state index contributed by atoms with van der Waals surface area (Å²) in [7, 11) is -3.66. The van der Waals surface area contributed by atoms with E-state index in [1.165, 1.54) is 16.4 Å². The van der Waals surface area contributed by atoms with Crippen molar-refractivity contribution in [3.8, 4) is 0 Å². The van der Waals surface area contributed by atoms with Crippen molar-refractivity contribution in [2.24, 2.45) is 11.8 Å². The van der Waals surface area contributed by atoms with Crippen molar-refractivity contribution in [2.75, 3.05) is 38.2 Å². The third-order valence-corrected chi connectivity index (χ3v) is 6.74. The molecule has 1 saturated heterocycles. The number of morpholine rings is 1. The lowest BCUT2D eigenvalue weighted by Gasteiger charge is -2.26. The Morgan fingerprint density at radius 2 is 1.96 bits per heavy atom. The number of ether oxygens (including phenoxy) is 2. The second-order valence-electron chi connectivity index (χ2n) is 6.97. The molecule has 0 radical (unpaired) electrons. The predicted octanol–water partition coefficient (Wildman–Crippen LogP) is 1.15. The zero-order valence-electron chi connectivity index (χ0n) is 15.4. The van der Waals surface area contributed by atoms with E-state index in [0.717, 1.165) is 6.42 Å². The highest BCUT2D eigenvalue weighted by Crippen LogP contribution is 2.38. The zero-order valence-corrected chi connectivity index (χ0v) is 16.3. The van der Waals surface area contributed by atoms with E-state index in [2.05, 4.69) is 5.32 Å². The minimum atomic E-state index is -3.66. The lowest BCUT2D eigenvalue weighted by molar-refractivity contribution is -0.148. The van der Waals surface area contributed by atoms with Crippen molar-refractivity contribution >= 4 is 27.6 Å². The van der Waals surface area contributed by atoms with E-state index < -0.39 is 15.9 Å². The number of amides is 1. The van der Waals surface area contributed by atoms with E-state index >= 15 is 0 Å². The fourth-order valence-corrected chi connectivity index (χ4v) is 4.35. The maximum absolute atomic E-state index is 12.8. The summed E-state index contributed by atoms with van der Waals surface area (Å²) in [4.78, 5) is 23.9. The van der Waals surface area contributed by atoms with E-state index in [1.54, 1.807) is 13.0 Å². The second-order valence-corrected chi connectivity index (χ2v) is 8.91. The largest absolute Gasteiger partial charge is 0.455 e. The van der Waals surface area contributed by atoms with Gasteiger partial charge in [-0.15, -0.1) is 0 Å². The molecule has 2 atom stereocenters. The highest BCUT2D eigenvalue weighted by atomic mass is 32.2. The van der Waals surface area contributed by atoms with Crippen molar-refractivity contribution in [3.63, 3.8) is 0 Å². The van der Waals surface area contributed by atoms with Crippen LogP contribution in [0.5, 0.6) is 0 Å². The second kappa shape index (κ2) is 7.95. The van der Waals surface area contributed by atoms with Crippen molar-refractivity contribution in [2.45, 2.75) is 25.2 Å². The van der Waals surface area contributed by atoms with Gasteiger partial charge < -0.3 is 14.8 Å². The number of nitrogens with zero attached hydrogens (tertiary/aromatic N) is 1. The first kappa shape index (κ1) is 19.8. The average Bonchev–Trinajstić information content (AvgIpc) is 3.39. The van der Waals surface area contributed by atoms with Gasteiger partial charge >= 0.3 is 5.97 Å². The van der Waals surface area contributed by atoms with Crippen LogP contribution >= 0.6 is 0 Å². The molecule has 3 rings (SSSR count). The van der Waals surface area contributed by atoms with Crippen molar-refractivity contribution in [1.82, 2.24) is 4.31 Å². The number of rotatable bonds is 6. The van der Waals surface area contributed by atoms with Gasteiger partial charge in [0.15, 0.2) is 6.61 Å². The zero-order chi connectivity index (χ0) is 19.6. The van der Waals surface area contributed by atoms with Crippen LogP contribution in [0.2, 0.25) is 0 Å². The van der Waals surface area contributed by atoms with Crippen LogP contribution < -0.4 is 5.32 Å². The van der Waals surface area contributed by atoms with Gasteiger partial charge in [-0.2, -0.15) is 4.31 Å². The Morgan fingerprint density at radius 1 is 1.30 bits per heavy atom. The molecular weight excluding hydrogens is 372 g/mol. The SMILES string of the molecule is Cc1ccc(S(=O)(=O)N2CCOCC2)cc1NC(=O)COC(=O)[C@H]1C[C@@H]1C. The van der Waals surface area contributed by atoms with E-state index in [1.807, 2.05) is 6.92 Å². The quantitative estimate of drug-likeness (QED) is 0.724. The molecule has 1 aromatic carbocycles. The Kier molecular flexibility index (Phi) is 5.83. The van der Waals surface area contributed by atoms with Gasteiger partial charge in [-0.25, -0.2) is 8.42 Å². The monoisotopic (exact) mass is 396 g/mol. The van der Waals surface area contributed by atoms with Crippen LogP contribution in [0.3, 0.4) is 0 Å². The number of anilines is 1. The van der Waals surface area contributed by atoms with Crippen LogP contribution in [0.25, 0.3) is 0 Å². The highest BCUT2D eigenvalue weighted by Gasteiger charge is 2.40. The van der Waals surface area contributed by atoms with Crippen molar-refractivity contribution in [1.29, 1.82) is 0 Å². The van der Waals surface area contributed by atoms with E-state index in [9.17, 15) is 18.0 Å². The van der Waals surface area contributed by atoms with E-state index in [4.69, 9.17) is 9.47 Å². The van der Waals surface area contributed by atoms with Gasteiger partial charge in [-0.05, 0) is 37.0 Å². The van der Waals surface area contributed by atoms with Crippen molar-refractivity contribution in [3.05, 3.63) is 23.8 Å². The first-order chi connectivity index (χ1) is 12.8. The molecule has 0 unspecified atom stereocenters. The lowest BCUT2D eigenvalue weighted by atomic mass is 10.2. The maximum atomic E-state index is 12.8. The van der Waals surface area contributed by atoms with Gasteiger partial charge in [-0.1, -0.05) is 13.0 Å². The fraction of sp³-hybridized carbons (Fsp3) is 0.556. The summed E-state index contributed by atoms with van der Waals surface area (Å²) in [5.74, 6) is -0.662. The molecule has 0 bridgehead atoms. The van der Waals surface area contributed by atoms with Gasteiger partial charge in [0.25, 0.3) is 5.91 Å². The van der Waals surface area contributed by atoms with Crippen LogP contribution in [0.1, 0.15) is 18.9 Å². The summed E-state index contributed by atoms with van der Waals surface area (Å²) in [6.07, 6.45) is 0.793. The molecule has 1 amide bonds. The Morgan fingerprint density at radius 3 is 2.59 bits per heavy atom. The summed E-state index contributed by atoms with van der Waals surface area (Å²) < 4.78 is 37.1. The van der Waals surface area contributed by atoms with Crippen molar-refractivity contribution < 1.29 is 27.5 Å². The lowest BCUT2D eigenvalue weighted by Crippen LogP contribution is -2.40. The molecule has 0 spiro atoms. The smallest absolute Gasteiger partial charge is 0.309 e. The molecule has 1 aromatic rings. The standard InChI is InChI=1S/C18H24N2O6S/c1-12-3-4-14(27(23,24)20-5-7-25-8-6-20)10-16(12)19-17(21)11-26-18(22)15-9-13(15)2/h3-4,10,13,15H,5-9,11H2,1-2H3,(H,19,21)/t13-,15-/m0/s1. The van der Waals surface area contributed by atoms with E-state index in [0.29, 0.717) is 43.5 Å². The number of aryl methyl sites for hydroxylation is 1. The van der Waals surface area contributed by atoms with Gasteiger partial charge in [0.2, 0.25) is 10.0 Å². The number of sulfonamides is 1. The summed E-state index contributed by atoms with van der Waals surface area (Å²) in [6, 6.07) is 4.59. The Hall–Kier alpha value is -1.97. The van der Waals surface area contributed by atoms with Gasteiger partial charge in [-0.3, -0.25) is 9.59 Å². The summed E-state index contributed by atoms with van der Waals surface area (Å²) >= 11 is 0. The first-order valence-corrected chi connectivity index (χ1v) is 10.4. The number of carbonyl (C=O) groups excluding carboxylic acids is 2. The van der Waals surface area contributed by atoms with Gasteiger partial charge in [0, 0.05) is 18.8 Å². The third-order valence-electron chi connectivity index (χ3n) is 4.85. The van der Waals surface area contributed by atoms with Crippen LogP contribution in [-0.4, -0.2) is 57.5 Å². The molecule has 1 N–H and O–H groups in total. The van der Waals surface area contributed by atoms with E-state index in [-0.39, 0.29) is 23.4 Å². The number of benzene rings is 1. The highest BCUT2D eigenvalue weighted by molar-refractivity contribution is 7.89. The Balaban J connectivity index is 1.66. The molecule has 9 heteroatoms. The number of carbonyl (C=O) groups is 2. The number of hydrogen-bond donors (Lipinski definition) is 1. The number of hydrogen-bond acceptors (Lipinski definition) is 6. The fourth-order valence-electron chi connectivity index (χ4n) is 2.91. The van der Waals surface area contributed by atoms with Crippen LogP contribution in [0.15, 0.2) is 23.1 Å². The third kappa shape index (κ3) is 4.66. The van der Waals surface area contributed by atoms with Crippen LogP contribution in [0.4, 0.5) is 5.69 Å². The summed E-state index contributed by atoms with van der Waals surface area (Å²) in [5, 5.41) is 2.63. The van der Waals surface area contributed by atoms with Gasteiger partial charge in [0.1, 0.15) is 0 Å². The van der Waals surface area contributed by atoms with Gasteiger partial charge in [0.05, 0.1) is 24.0 Å². The van der Waals surface area contributed by atoms with Crippen LogP contribution in [0, 0.1) is 18.8 Å². The first-order valence-electron chi connectivity index (χ1n) is 8.94. The predicted molar refractivity (Wildman–Crippen MR) is 97.6 cm³/mol. The Bertz CT molecular complexity index is 832. The number of esters is 1. The summed E-state index contributed by atoms with van der Waals surface area (Å²) in [5.41, 5.74) is 1.09. The Labute approximate surface area is 158 Å². The minimum Gasteiger partial charge on any atom is -0.455 e. The molecule has 2 fully saturated rings. The molecule has 2 aliphatic rings. The number of nitrogens with one attached hydrogen (secondary N) is 1. The van der Waals surface area contributed by atoms with Crippen LogP contribution in [-0.2, 0) is 29.1 Å². The molecule has 1 aliphatic carbocycles. The molecule has 1 heterocycles. The molecule has 0 aromatic heterocycles. The maximum Gasteiger partial charge on any atom is 0.309 e. The molecule has 1 saturated carbocycles. The average molecular weight is 396 g/mol. The topological polar surface area (TPSA) is 102 Å². The molecule has 27 heavy (non-hydrogen) atoms. The summed E-state index contributed by atoms with van der Waals surface area (Å²) in [6.45, 7) is 4.65. The molecular formula is C18H24N2O6S. The molecule has 8 nitrogen and oxygen atoms in total. The molecule has 1 aliphatic heterocycles. The molecule has 148 valence electrons.